The molecule has 0 aromatic carbocycles. The van der Waals surface area contributed by atoms with Gasteiger partial charge in [0.1, 0.15) is 0 Å². The molecule has 0 saturated heterocycles. The van der Waals surface area contributed by atoms with Gasteiger partial charge in [-0.2, -0.15) is 0 Å². The normalized spacial score (nSPS) is 11.8. The van der Waals surface area contributed by atoms with Crippen LogP contribution in [0.15, 0.2) is 0 Å². The summed E-state index contributed by atoms with van der Waals surface area (Å²) in [6.45, 7) is 0.388. The molecule has 1 unspecified atom stereocenters. The van der Waals surface area contributed by atoms with Crippen molar-refractivity contribution in [3.63, 3.8) is 0 Å². The molecule has 4 nitrogen and oxygen atoms in total. The number of methoxy groups -OCH3 is 1. The highest BCUT2D eigenvalue weighted by Gasteiger charge is 2.10. The molecular formula is C8H13NO3. The molecule has 0 aliphatic carbocycles. The average Bonchev–Trinajstić information content (AvgIpc) is 2.03. The molecule has 0 bridgehead atoms. The maximum absolute atomic E-state index is 10.8. The summed E-state index contributed by atoms with van der Waals surface area (Å²) >= 11 is 0. The van der Waals surface area contributed by atoms with Gasteiger partial charge in [-0.15, -0.1) is 6.42 Å². The largest absolute Gasteiger partial charge is 0.389 e. The van der Waals surface area contributed by atoms with Crippen molar-refractivity contribution in [1.29, 1.82) is 0 Å². The van der Waals surface area contributed by atoms with Crippen LogP contribution in [0.5, 0.6) is 0 Å². The highest BCUT2D eigenvalue weighted by atomic mass is 16.5. The van der Waals surface area contributed by atoms with Crippen LogP contribution < -0.4 is 0 Å². The van der Waals surface area contributed by atoms with Crippen LogP contribution in [0.25, 0.3) is 0 Å². The predicted molar refractivity (Wildman–Crippen MR) is 44.4 cm³/mol. The number of amides is 1. The van der Waals surface area contributed by atoms with E-state index >= 15 is 0 Å². The van der Waals surface area contributed by atoms with Crippen LogP contribution in [0.1, 0.15) is 0 Å². The van der Waals surface area contributed by atoms with Crippen molar-refractivity contribution < 1.29 is 14.6 Å². The van der Waals surface area contributed by atoms with Crippen LogP contribution in [-0.4, -0.2) is 49.3 Å². The highest BCUT2D eigenvalue weighted by Crippen LogP contribution is 1.90. The van der Waals surface area contributed by atoms with Gasteiger partial charge >= 0.3 is 0 Å². The Morgan fingerprint density at radius 2 is 2.42 bits per heavy atom. The molecule has 0 heterocycles. The lowest BCUT2D eigenvalue weighted by Gasteiger charge is -2.17. The molecule has 0 aliphatic heterocycles. The summed E-state index contributed by atoms with van der Waals surface area (Å²) in [6, 6.07) is 0. The smallest absolute Gasteiger partial charge is 0.298 e. The Hall–Kier alpha value is -1.05. The monoisotopic (exact) mass is 171 g/mol. The molecule has 1 atom stereocenters. The molecule has 4 heteroatoms. The first-order valence-electron chi connectivity index (χ1n) is 3.50. The van der Waals surface area contributed by atoms with Gasteiger partial charge in [0.05, 0.1) is 12.7 Å². The molecule has 1 N–H and O–H groups in total. The summed E-state index contributed by atoms with van der Waals surface area (Å²) in [4.78, 5) is 12.1. The van der Waals surface area contributed by atoms with E-state index in [4.69, 9.17) is 6.42 Å². The number of aliphatic hydroxyl groups excluding tert-OH is 1. The number of carbonyl (C=O) groups is 1. The summed E-state index contributed by atoms with van der Waals surface area (Å²) in [5.74, 6) is 1.51. The number of terminal acetylenes is 1. The second kappa shape index (κ2) is 5.58. The number of aliphatic hydroxyl groups is 1. The van der Waals surface area contributed by atoms with Crippen LogP contribution >= 0.6 is 0 Å². The Labute approximate surface area is 72.1 Å². The van der Waals surface area contributed by atoms with Crippen molar-refractivity contribution in [3.8, 4) is 12.3 Å². The number of rotatable bonds is 4. The first-order valence-corrected chi connectivity index (χ1v) is 3.50. The molecule has 0 spiro atoms. The number of likely N-dealkylation sites (N-methyl/N-ethyl adjacent to an activating group) is 1. The van der Waals surface area contributed by atoms with Gasteiger partial charge < -0.3 is 14.7 Å². The summed E-state index contributed by atoms with van der Waals surface area (Å²) < 4.78 is 4.68. The average molecular weight is 171 g/mol. The zero-order valence-electron chi connectivity index (χ0n) is 7.28. The van der Waals surface area contributed by atoms with Crippen molar-refractivity contribution >= 4 is 5.91 Å². The minimum Gasteiger partial charge on any atom is -0.389 e. The summed E-state index contributed by atoms with van der Waals surface area (Å²) in [6.07, 6.45) is 4.19. The molecular weight excluding hydrogens is 158 g/mol. The third kappa shape index (κ3) is 3.96. The molecule has 68 valence electrons. The number of ether oxygens (including phenoxy) is 1. The zero-order chi connectivity index (χ0) is 9.56. The first-order chi connectivity index (χ1) is 5.61. The van der Waals surface area contributed by atoms with Gasteiger partial charge in [0.15, 0.2) is 0 Å². The third-order valence-electron chi connectivity index (χ3n) is 1.31. The fourth-order valence-corrected chi connectivity index (χ4v) is 0.754. The number of carbonyl (C=O) groups excluding carboxylic acids is 1. The van der Waals surface area contributed by atoms with Gasteiger partial charge in [0.2, 0.25) is 0 Å². The second-order valence-corrected chi connectivity index (χ2v) is 2.44. The predicted octanol–water partition coefficient (Wildman–Crippen LogP) is -0.915. The molecule has 0 rings (SSSR count). The van der Waals surface area contributed by atoms with Crippen LogP contribution in [0.2, 0.25) is 0 Å². The van der Waals surface area contributed by atoms with Gasteiger partial charge in [-0.05, 0) is 5.92 Å². The summed E-state index contributed by atoms with van der Waals surface area (Å²) in [5, 5.41) is 9.18. The lowest BCUT2D eigenvalue weighted by atomic mass is 10.3. The van der Waals surface area contributed by atoms with E-state index in [0.29, 0.717) is 0 Å². The van der Waals surface area contributed by atoms with Crippen molar-refractivity contribution in [2.75, 3.05) is 27.3 Å². The highest BCUT2D eigenvalue weighted by molar-refractivity contribution is 5.92. The lowest BCUT2D eigenvalue weighted by Crippen LogP contribution is -2.35. The van der Waals surface area contributed by atoms with E-state index in [0.717, 1.165) is 0 Å². The molecule has 0 radical (unpaired) electrons. The number of nitrogens with zero attached hydrogens (tertiary/aromatic N) is 1. The Balaban J connectivity index is 3.77. The fraction of sp³-hybridized carbons (Fsp3) is 0.625. The van der Waals surface area contributed by atoms with Crippen molar-refractivity contribution in [2.45, 2.75) is 6.10 Å². The van der Waals surface area contributed by atoms with Crippen molar-refractivity contribution in [3.05, 3.63) is 0 Å². The fourth-order valence-electron chi connectivity index (χ4n) is 0.754. The zero-order valence-corrected chi connectivity index (χ0v) is 7.28. The Kier molecular flexibility index (Phi) is 5.09. The Morgan fingerprint density at radius 1 is 1.83 bits per heavy atom. The standard InChI is InChI=1S/C8H13NO3/c1-4-8(11)9(2)5-7(10)6-12-3/h1,7,10H,5-6H2,2-3H3. The molecule has 0 aliphatic rings. The minimum absolute atomic E-state index is 0.191. The van der Waals surface area contributed by atoms with Gasteiger partial charge in [0.25, 0.3) is 5.91 Å². The van der Waals surface area contributed by atoms with E-state index in [1.54, 1.807) is 0 Å². The van der Waals surface area contributed by atoms with E-state index in [1.165, 1.54) is 19.1 Å². The van der Waals surface area contributed by atoms with Crippen LogP contribution in [0.3, 0.4) is 0 Å². The van der Waals surface area contributed by atoms with Crippen LogP contribution in [0, 0.1) is 12.3 Å². The topological polar surface area (TPSA) is 49.8 Å². The second-order valence-electron chi connectivity index (χ2n) is 2.44. The lowest BCUT2D eigenvalue weighted by molar-refractivity contribution is -0.125. The number of hydrogen-bond donors (Lipinski definition) is 1. The molecule has 0 saturated carbocycles. The molecule has 0 fully saturated rings. The van der Waals surface area contributed by atoms with Gasteiger partial charge in [-0.25, -0.2) is 0 Å². The van der Waals surface area contributed by atoms with E-state index in [1.807, 2.05) is 5.92 Å². The SMILES string of the molecule is C#CC(=O)N(C)CC(O)COC. The van der Waals surface area contributed by atoms with Gasteiger partial charge in [0, 0.05) is 20.7 Å². The molecule has 0 aromatic heterocycles. The first kappa shape index (κ1) is 11.0. The van der Waals surface area contributed by atoms with E-state index in [-0.39, 0.29) is 13.2 Å². The van der Waals surface area contributed by atoms with Crippen LogP contribution in [0.4, 0.5) is 0 Å². The maximum atomic E-state index is 10.8. The summed E-state index contributed by atoms with van der Waals surface area (Å²) in [5.41, 5.74) is 0. The third-order valence-corrected chi connectivity index (χ3v) is 1.31. The Bertz CT molecular complexity index is 185. The Morgan fingerprint density at radius 3 is 2.83 bits per heavy atom. The molecule has 1 amide bonds. The van der Waals surface area contributed by atoms with Gasteiger partial charge in [-0.1, -0.05) is 0 Å². The van der Waals surface area contributed by atoms with Crippen LogP contribution in [-0.2, 0) is 9.53 Å². The van der Waals surface area contributed by atoms with E-state index in [2.05, 4.69) is 4.74 Å². The van der Waals surface area contributed by atoms with E-state index < -0.39 is 12.0 Å². The summed E-state index contributed by atoms with van der Waals surface area (Å²) in [7, 11) is 3.01. The molecule has 12 heavy (non-hydrogen) atoms. The van der Waals surface area contributed by atoms with Crippen molar-refractivity contribution in [2.24, 2.45) is 0 Å². The quantitative estimate of drug-likeness (QED) is 0.557. The van der Waals surface area contributed by atoms with Gasteiger partial charge in [-0.3, -0.25) is 4.79 Å². The van der Waals surface area contributed by atoms with Crippen molar-refractivity contribution in [1.82, 2.24) is 4.90 Å². The van der Waals surface area contributed by atoms with E-state index in [9.17, 15) is 9.90 Å². The number of hydrogen-bond acceptors (Lipinski definition) is 3. The maximum Gasteiger partial charge on any atom is 0.298 e. The minimum atomic E-state index is -0.683. The molecule has 0 aromatic rings.